The number of hydrogen-bond acceptors (Lipinski definition) is 5. The first-order valence-corrected chi connectivity index (χ1v) is 5.95. The number of ether oxygens (including phenoxy) is 4. The zero-order valence-corrected chi connectivity index (χ0v) is 9.35. The van der Waals surface area contributed by atoms with Crippen LogP contribution in [0.15, 0.2) is 0 Å². The van der Waals surface area contributed by atoms with Crippen molar-refractivity contribution in [3.63, 3.8) is 0 Å². The average molecular weight is 230 g/mol. The van der Waals surface area contributed by atoms with Crippen LogP contribution >= 0.6 is 0 Å². The van der Waals surface area contributed by atoms with Gasteiger partial charge >= 0.3 is 6.16 Å². The summed E-state index contributed by atoms with van der Waals surface area (Å²) >= 11 is 0. The predicted molar refractivity (Wildman–Crippen MR) is 54.7 cm³/mol. The lowest BCUT2D eigenvalue weighted by Crippen LogP contribution is -2.30. The molecule has 16 heavy (non-hydrogen) atoms. The van der Waals surface area contributed by atoms with Crippen molar-refractivity contribution in [2.45, 2.75) is 51.1 Å². The van der Waals surface area contributed by atoms with Gasteiger partial charge in [-0.05, 0) is 25.7 Å². The van der Waals surface area contributed by atoms with Gasteiger partial charge < -0.3 is 18.9 Å². The maximum absolute atomic E-state index is 11.4. The van der Waals surface area contributed by atoms with E-state index in [1.165, 1.54) is 0 Å². The fourth-order valence-electron chi connectivity index (χ4n) is 1.85. The smallest absolute Gasteiger partial charge is 0.404 e. The lowest BCUT2D eigenvalue weighted by molar-refractivity contribution is -0.180. The summed E-state index contributed by atoms with van der Waals surface area (Å²) in [5.74, 6) is 0. The molecule has 0 radical (unpaired) electrons. The van der Waals surface area contributed by atoms with E-state index in [2.05, 4.69) is 0 Å². The van der Waals surface area contributed by atoms with Crippen LogP contribution in [0, 0.1) is 0 Å². The van der Waals surface area contributed by atoms with Crippen molar-refractivity contribution in [2.75, 3.05) is 13.2 Å². The summed E-state index contributed by atoms with van der Waals surface area (Å²) in [5, 5.41) is 0. The van der Waals surface area contributed by atoms with Gasteiger partial charge in [-0.3, -0.25) is 0 Å². The zero-order chi connectivity index (χ0) is 11.2. The van der Waals surface area contributed by atoms with Crippen LogP contribution in [0.5, 0.6) is 0 Å². The molecule has 0 saturated carbocycles. The Morgan fingerprint density at radius 3 is 1.75 bits per heavy atom. The van der Waals surface area contributed by atoms with E-state index in [0.29, 0.717) is 13.2 Å². The van der Waals surface area contributed by atoms with Crippen LogP contribution in [-0.2, 0) is 18.9 Å². The van der Waals surface area contributed by atoms with Gasteiger partial charge in [0.15, 0.2) is 0 Å². The maximum atomic E-state index is 11.4. The Labute approximate surface area is 95.0 Å². The molecular weight excluding hydrogens is 212 g/mol. The standard InChI is InChI=1S/C11H18O5/c12-11(15-9-5-1-3-7-13-9)16-10-6-2-4-8-14-10/h9-10H,1-8H2. The van der Waals surface area contributed by atoms with E-state index < -0.39 is 18.7 Å². The minimum absolute atomic E-state index is 0.440. The Hall–Kier alpha value is -0.810. The van der Waals surface area contributed by atoms with Crippen LogP contribution in [0.2, 0.25) is 0 Å². The molecule has 0 spiro atoms. The summed E-state index contributed by atoms with van der Waals surface area (Å²) in [5.41, 5.74) is 0. The molecule has 0 amide bonds. The Balaban J connectivity index is 1.66. The molecule has 0 aliphatic carbocycles. The molecule has 5 heteroatoms. The minimum atomic E-state index is -0.682. The third-order valence-electron chi connectivity index (χ3n) is 2.73. The minimum Gasteiger partial charge on any atom is -0.404 e. The monoisotopic (exact) mass is 230 g/mol. The highest BCUT2D eigenvalue weighted by Crippen LogP contribution is 2.17. The second-order valence-electron chi connectivity index (χ2n) is 4.08. The van der Waals surface area contributed by atoms with E-state index in [9.17, 15) is 4.79 Å². The summed E-state index contributed by atoms with van der Waals surface area (Å²) in [6, 6.07) is 0. The number of carbonyl (C=O) groups is 1. The van der Waals surface area contributed by atoms with Gasteiger partial charge in [0.1, 0.15) is 0 Å². The summed E-state index contributed by atoms with van der Waals surface area (Å²) in [6.07, 6.45) is 4.05. The number of hydrogen-bond donors (Lipinski definition) is 0. The van der Waals surface area contributed by atoms with Gasteiger partial charge in [0.25, 0.3) is 0 Å². The lowest BCUT2D eigenvalue weighted by Gasteiger charge is -2.25. The molecule has 5 nitrogen and oxygen atoms in total. The predicted octanol–water partition coefficient (Wildman–Crippen LogP) is 2.19. The molecule has 2 heterocycles. The Kier molecular flexibility index (Phi) is 4.42. The van der Waals surface area contributed by atoms with Crippen LogP contribution in [0.3, 0.4) is 0 Å². The molecule has 2 atom stereocenters. The lowest BCUT2D eigenvalue weighted by atomic mass is 10.2. The summed E-state index contributed by atoms with van der Waals surface area (Å²) in [4.78, 5) is 11.4. The molecule has 2 fully saturated rings. The molecule has 0 aromatic carbocycles. The molecule has 2 unspecified atom stereocenters. The molecule has 2 aliphatic rings. The van der Waals surface area contributed by atoms with Crippen LogP contribution in [0.25, 0.3) is 0 Å². The molecular formula is C11H18O5. The topological polar surface area (TPSA) is 54.0 Å². The first kappa shape index (κ1) is 11.7. The zero-order valence-electron chi connectivity index (χ0n) is 9.35. The van der Waals surface area contributed by atoms with Gasteiger partial charge in [-0.25, -0.2) is 4.79 Å². The van der Waals surface area contributed by atoms with E-state index in [-0.39, 0.29) is 0 Å². The van der Waals surface area contributed by atoms with E-state index in [4.69, 9.17) is 18.9 Å². The molecule has 2 saturated heterocycles. The fraction of sp³-hybridized carbons (Fsp3) is 0.909. The molecule has 0 aromatic heterocycles. The van der Waals surface area contributed by atoms with E-state index in [1.807, 2.05) is 0 Å². The molecule has 0 bridgehead atoms. The summed E-state index contributed by atoms with van der Waals surface area (Å²) < 4.78 is 20.6. The molecule has 0 N–H and O–H groups in total. The van der Waals surface area contributed by atoms with Crippen molar-refractivity contribution < 1.29 is 23.7 Å². The highest BCUT2D eigenvalue weighted by atomic mass is 16.8. The highest BCUT2D eigenvalue weighted by Gasteiger charge is 2.23. The van der Waals surface area contributed by atoms with Crippen molar-refractivity contribution in [2.24, 2.45) is 0 Å². The van der Waals surface area contributed by atoms with Gasteiger partial charge in [-0.15, -0.1) is 0 Å². The second-order valence-corrected chi connectivity index (χ2v) is 4.08. The number of carbonyl (C=O) groups excluding carboxylic acids is 1. The van der Waals surface area contributed by atoms with Crippen molar-refractivity contribution in [1.82, 2.24) is 0 Å². The van der Waals surface area contributed by atoms with E-state index >= 15 is 0 Å². The Bertz CT molecular complexity index is 196. The van der Waals surface area contributed by atoms with Gasteiger partial charge in [-0.2, -0.15) is 0 Å². The van der Waals surface area contributed by atoms with Crippen molar-refractivity contribution >= 4 is 6.16 Å². The van der Waals surface area contributed by atoms with Crippen LogP contribution in [0.4, 0.5) is 4.79 Å². The molecule has 2 rings (SSSR count). The maximum Gasteiger partial charge on any atom is 0.512 e. The Morgan fingerprint density at radius 2 is 1.38 bits per heavy atom. The SMILES string of the molecule is O=C(OC1CCCCO1)OC1CCCCO1. The van der Waals surface area contributed by atoms with Crippen molar-refractivity contribution in [3.05, 3.63) is 0 Å². The van der Waals surface area contributed by atoms with E-state index in [0.717, 1.165) is 38.5 Å². The van der Waals surface area contributed by atoms with Crippen LogP contribution < -0.4 is 0 Å². The Morgan fingerprint density at radius 1 is 0.875 bits per heavy atom. The van der Waals surface area contributed by atoms with Gasteiger partial charge in [-0.1, -0.05) is 0 Å². The van der Waals surface area contributed by atoms with Crippen molar-refractivity contribution in [3.8, 4) is 0 Å². The van der Waals surface area contributed by atoms with Crippen molar-refractivity contribution in [1.29, 1.82) is 0 Å². The first-order chi connectivity index (χ1) is 7.84. The third-order valence-corrected chi connectivity index (χ3v) is 2.73. The fourth-order valence-corrected chi connectivity index (χ4v) is 1.85. The third kappa shape index (κ3) is 3.64. The van der Waals surface area contributed by atoms with Gasteiger partial charge in [0, 0.05) is 12.8 Å². The van der Waals surface area contributed by atoms with Crippen LogP contribution in [0.1, 0.15) is 38.5 Å². The quantitative estimate of drug-likeness (QED) is 0.680. The summed E-state index contributed by atoms with van der Waals surface area (Å²) in [6.45, 7) is 1.30. The average Bonchev–Trinajstić information content (AvgIpc) is 2.31. The van der Waals surface area contributed by atoms with Crippen LogP contribution in [-0.4, -0.2) is 31.9 Å². The molecule has 92 valence electrons. The number of rotatable bonds is 2. The van der Waals surface area contributed by atoms with E-state index in [1.54, 1.807) is 0 Å². The normalized spacial score (nSPS) is 30.8. The molecule has 2 aliphatic heterocycles. The second kappa shape index (κ2) is 6.06. The van der Waals surface area contributed by atoms with Gasteiger partial charge in [0.05, 0.1) is 13.2 Å². The molecule has 0 aromatic rings. The highest BCUT2D eigenvalue weighted by molar-refractivity contribution is 5.60. The largest absolute Gasteiger partial charge is 0.512 e. The van der Waals surface area contributed by atoms with Gasteiger partial charge in [0.2, 0.25) is 12.6 Å². The first-order valence-electron chi connectivity index (χ1n) is 5.95. The summed E-state index contributed by atoms with van der Waals surface area (Å²) in [7, 11) is 0.